The summed E-state index contributed by atoms with van der Waals surface area (Å²) in [5.74, 6) is -0.226. The van der Waals surface area contributed by atoms with Crippen LogP contribution in [0.25, 0.3) is 0 Å². The normalized spacial score (nSPS) is 16.9. The molecule has 160 valence electrons. The zero-order chi connectivity index (χ0) is 21.7. The molecule has 8 nitrogen and oxygen atoms in total. The highest BCUT2D eigenvalue weighted by Crippen LogP contribution is 2.20. The fourth-order valence-corrected chi connectivity index (χ4v) is 4.83. The number of hydrogen-bond donors (Lipinski definition) is 2. The molecular formula is C21H26N4O4S. The van der Waals surface area contributed by atoms with Gasteiger partial charge in [-0.1, -0.05) is 42.5 Å². The van der Waals surface area contributed by atoms with Gasteiger partial charge in [0, 0.05) is 18.8 Å². The van der Waals surface area contributed by atoms with E-state index in [1.807, 2.05) is 11.1 Å². The standard InChI is InChI=1S/C21H26N4O4S/c1-16-10-11-24(19(12-16)13-22-15-26)25-17(2)8-9-20(21(25)27)23-30(28,29)14-18-6-4-3-5-7-18/h3-9,15,19,23H,1,10-14H2,2H3,(H,22,26). The predicted molar refractivity (Wildman–Crippen MR) is 117 cm³/mol. The van der Waals surface area contributed by atoms with Crippen molar-refractivity contribution in [1.29, 1.82) is 0 Å². The molecule has 2 N–H and O–H groups in total. The summed E-state index contributed by atoms with van der Waals surface area (Å²) < 4.78 is 29.1. The molecule has 9 heteroatoms. The first-order chi connectivity index (χ1) is 14.3. The molecule has 0 bridgehead atoms. The average Bonchev–Trinajstić information content (AvgIpc) is 2.70. The van der Waals surface area contributed by atoms with Crippen molar-refractivity contribution in [3.05, 3.63) is 76.2 Å². The summed E-state index contributed by atoms with van der Waals surface area (Å²) in [6.45, 7) is 6.72. The second-order valence-electron chi connectivity index (χ2n) is 7.40. The van der Waals surface area contributed by atoms with Crippen molar-refractivity contribution in [1.82, 2.24) is 9.99 Å². The number of aromatic nitrogens is 1. The summed E-state index contributed by atoms with van der Waals surface area (Å²) >= 11 is 0. The molecule has 2 aromatic rings. The molecule has 1 fully saturated rings. The first-order valence-corrected chi connectivity index (χ1v) is 11.3. The van der Waals surface area contributed by atoms with Gasteiger partial charge < -0.3 is 10.3 Å². The molecule has 1 unspecified atom stereocenters. The first-order valence-electron chi connectivity index (χ1n) is 9.68. The van der Waals surface area contributed by atoms with E-state index < -0.39 is 15.6 Å². The SMILES string of the molecule is C=C1CCN(n2c(C)ccc(NS(=O)(=O)Cc3ccccc3)c2=O)C(CNC=O)C1. The Labute approximate surface area is 176 Å². The molecule has 2 heterocycles. The smallest absolute Gasteiger partial charge is 0.293 e. The minimum Gasteiger partial charge on any atom is -0.357 e. The van der Waals surface area contributed by atoms with Crippen LogP contribution in [0.2, 0.25) is 0 Å². The van der Waals surface area contributed by atoms with E-state index >= 15 is 0 Å². The number of amides is 1. The Balaban J connectivity index is 1.90. The molecule has 30 heavy (non-hydrogen) atoms. The third kappa shape index (κ3) is 5.10. The number of carbonyl (C=O) groups excluding carboxylic acids is 1. The van der Waals surface area contributed by atoms with Gasteiger partial charge in [0.05, 0.1) is 11.8 Å². The van der Waals surface area contributed by atoms with E-state index in [2.05, 4.69) is 16.6 Å². The molecule has 0 saturated carbocycles. The van der Waals surface area contributed by atoms with Crippen LogP contribution >= 0.6 is 0 Å². The molecule has 1 aromatic carbocycles. The average molecular weight is 431 g/mol. The van der Waals surface area contributed by atoms with Gasteiger partial charge in [0.2, 0.25) is 16.4 Å². The van der Waals surface area contributed by atoms with Gasteiger partial charge in [0.15, 0.2) is 0 Å². The molecule has 0 aliphatic carbocycles. The summed E-state index contributed by atoms with van der Waals surface area (Å²) in [6, 6.07) is 11.8. The van der Waals surface area contributed by atoms with Crippen LogP contribution in [-0.4, -0.2) is 38.6 Å². The van der Waals surface area contributed by atoms with E-state index in [0.29, 0.717) is 43.6 Å². The Morgan fingerprint density at radius 3 is 2.63 bits per heavy atom. The lowest BCUT2D eigenvalue weighted by Gasteiger charge is -2.40. The fraction of sp³-hybridized carbons (Fsp3) is 0.333. The summed E-state index contributed by atoms with van der Waals surface area (Å²) in [4.78, 5) is 24.0. The Hall–Kier alpha value is -3.07. The molecule has 3 rings (SSSR count). The number of carbonyl (C=O) groups is 1. The number of sulfonamides is 1. The third-order valence-electron chi connectivity index (χ3n) is 5.05. The molecule has 1 amide bonds. The van der Waals surface area contributed by atoms with E-state index in [9.17, 15) is 18.0 Å². The van der Waals surface area contributed by atoms with Gasteiger partial charge in [-0.3, -0.25) is 14.3 Å². The van der Waals surface area contributed by atoms with Gasteiger partial charge in [0.25, 0.3) is 5.56 Å². The quantitative estimate of drug-likeness (QED) is 0.488. The number of anilines is 1. The summed E-state index contributed by atoms with van der Waals surface area (Å²) in [6.07, 6.45) is 1.98. The van der Waals surface area contributed by atoms with E-state index in [0.717, 1.165) is 5.57 Å². The highest BCUT2D eigenvalue weighted by atomic mass is 32.2. The Morgan fingerprint density at radius 2 is 1.93 bits per heavy atom. The number of rotatable bonds is 8. The largest absolute Gasteiger partial charge is 0.357 e. The Bertz CT molecular complexity index is 1080. The number of piperidine rings is 1. The van der Waals surface area contributed by atoms with E-state index in [1.54, 1.807) is 37.3 Å². The predicted octanol–water partition coefficient (Wildman–Crippen LogP) is 1.50. The lowest BCUT2D eigenvalue weighted by atomic mass is 9.99. The zero-order valence-electron chi connectivity index (χ0n) is 16.9. The molecule has 0 radical (unpaired) electrons. The van der Waals surface area contributed by atoms with Gasteiger partial charge in [0.1, 0.15) is 5.69 Å². The molecule has 1 atom stereocenters. The lowest BCUT2D eigenvalue weighted by molar-refractivity contribution is -0.109. The highest BCUT2D eigenvalue weighted by molar-refractivity contribution is 7.91. The van der Waals surface area contributed by atoms with Crippen LogP contribution in [0.3, 0.4) is 0 Å². The summed E-state index contributed by atoms with van der Waals surface area (Å²) in [7, 11) is -3.76. The highest BCUT2D eigenvalue weighted by Gasteiger charge is 2.27. The number of aryl methyl sites for hydroxylation is 1. The molecule has 0 spiro atoms. The number of hydrogen-bond acceptors (Lipinski definition) is 5. The van der Waals surface area contributed by atoms with Gasteiger partial charge in [-0.05, 0) is 37.5 Å². The van der Waals surface area contributed by atoms with Gasteiger partial charge in [-0.2, -0.15) is 0 Å². The molecular weight excluding hydrogens is 404 g/mol. The van der Waals surface area contributed by atoms with Crippen LogP contribution in [0.5, 0.6) is 0 Å². The van der Waals surface area contributed by atoms with E-state index in [1.165, 1.54) is 10.7 Å². The topological polar surface area (TPSA) is 101 Å². The second kappa shape index (κ2) is 9.17. The lowest BCUT2D eigenvalue weighted by Crippen LogP contribution is -2.56. The van der Waals surface area contributed by atoms with Crippen molar-refractivity contribution >= 4 is 22.1 Å². The van der Waals surface area contributed by atoms with Crippen molar-refractivity contribution in [3.8, 4) is 0 Å². The first kappa shape index (κ1) is 21.6. The maximum absolute atomic E-state index is 13.2. The maximum Gasteiger partial charge on any atom is 0.293 e. The third-order valence-corrected chi connectivity index (χ3v) is 6.29. The number of pyridine rings is 1. The van der Waals surface area contributed by atoms with Gasteiger partial charge in [-0.15, -0.1) is 0 Å². The summed E-state index contributed by atoms with van der Waals surface area (Å²) in [5.41, 5.74) is 1.90. The Kier molecular flexibility index (Phi) is 6.61. The van der Waals surface area contributed by atoms with Crippen molar-refractivity contribution in [3.63, 3.8) is 0 Å². The van der Waals surface area contributed by atoms with Crippen LogP contribution in [0, 0.1) is 6.92 Å². The van der Waals surface area contributed by atoms with Crippen molar-refractivity contribution < 1.29 is 13.2 Å². The number of nitrogens with one attached hydrogen (secondary N) is 2. The van der Waals surface area contributed by atoms with Crippen molar-refractivity contribution in [2.45, 2.75) is 31.6 Å². The minimum atomic E-state index is -3.76. The zero-order valence-corrected chi connectivity index (χ0v) is 17.7. The monoisotopic (exact) mass is 430 g/mol. The minimum absolute atomic E-state index is 0.0111. The van der Waals surface area contributed by atoms with Crippen molar-refractivity contribution in [2.24, 2.45) is 0 Å². The molecule has 1 aromatic heterocycles. The van der Waals surface area contributed by atoms with E-state index in [4.69, 9.17) is 0 Å². The second-order valence-corrected chi connectivity index (χ2v) is 9.12. The number of benzene rings is 1. The van der Waals surface area contributed by atoms with Gasteiger partial charge in [-0.25, -0.2) is 13.1 Å². The molecule has 1 aliphatic heterocycles. The van der Waals surface area contributed by atoms with Crippen LogP contribution in [0.15, 0.2) is 59.4 Å². The Morgan fingerprint density at radius 1 is 1.20 bits per heavy atom. The van der Waals surface area contributed by atoms with Crippen molar-refractivity contribution in [2.75, 3.05) is 22.8 Å². The van der Waals surface area contributed by atoms with Crippen LogP contribution in [0.4, 0.5) is 5.69 Å². The summed E-state index contributed by atoms with van der Waals surface area (Å²) in [5, 5.41) is 4.54. The number of nitrogens with zero attached hydrogens (tertiary/aromatic N) is 2. The fourth-order valence-electron chi connectivity index (χ4n) is 3.64. The van der Waals surface area contributed by atoms with Gasteiger partial charge >= 0.3 is 0 Å². The van der Waals surface area contributed by atoms with Crippen LogP contribution in [0.1, 0.15) is 24.1 Å². The van der Waals surface area contributed by atoms with Crippen LogP contribution < -0.4 is 20.6 Å². The molecule has 1 aliphatic rings. The van der Waals surface area contributed by atoms with E-state index in [-0.39, 0.29) is 17.5 Å². The molecule has 1 saturated heterocycles. The van der Waals surface area contributed by atoms with Crippen LogP contribution in [-0.2, 0) is 20.6 Å². The maximum atomic E-state index is 13.2.